The highest BCUT2D eigenvalue weighted by Gasteiger charge is 2.20. The zero-order valence-electron chi connectivity index (χ0n) is 12.4. The Labute approximate surface area is 119 Å². The van der Waals surface area contributed by atoms with Crippen molar-refractivity contribution >= 4 is 17.8 Å². The van der Waals surface area contributed by atoms with Gasteiger partial charge in [0.1, 0.15) is 0 Å². The van der Waals surface area contributed by atoms with Crippen molar-refractivity contribution < 1.29 is 14.4 Å². The van der Waals surface area contributed by atoms with E-state index in [-0.39, 0.29) is 18.4 Å². The Hall–Kier alpha value is -1.63. The number of imide groups is 1. The second-order valence-corrected chi connectivity index (χ2v) is 5.43. The first-order chi connectivity index (χ1) is 9.38. The minimum Gasteiger partial charge on any atom is -0.340 e. The zero-order chi connectivity index (χ0) is 15.1. The molecule has 0 aromatic carbocycles. The molecule has 114 valence electrons. The number of hydrogen-bond donors (Lipinski definition) is 2. The molecule has 0 aromatic rings. The highest BCUT2D eigenvalue weighted by molar-refractivity contribution is 5.95. The molecule has 7 heteroatoms. The molecule has 1 saturated heterocycles. The van der Waals surface area contributed by atoms with Crippen LogP contribution in [-0.4, -0.2) is 66.9 Å². The Balaban J connectivity index is 2.23. The second kappa shape index (κ2) is 7.84. The minimum absolute atomic E-state index is 0.0576. The highest BCUT2D eigenvalue weighted by Crippen LogP contribution is 2.01. The number of piperazine rings is 1. The number of amides is 4. The van der Waals surface area contributed by atoms with Crippen LogP contribution in [-0.2, 0) is 9.59 Å². The van der Waals surface area contributed by atoms with E-state index in [0.29, 0.717) is 38.6 Å². The van der Waals surface area contributed by atoms with Crippen molar-refractivity contribution in [1.82, 2.24) is 20.4 Å². The fraction of sp³-hybridized carbons (Fsp3) is 0.769. The van der Waals surface area contributed by atoms with Gasteiger partial charge in [0.05, 0.1) is 6.54 Å². The third-order valence-corrected chi connectivity index (χ3v) is 3.11. The van der Waals surface area contributed by atoms with Gasteiger partial charge >= 0.3 is 6.03 Å². The van der Waals surface area contributed by atoms with Crippen molar-refractivity contribution in [2.24, 2.45) is 5.92 Å². The van der Waals surface area contributed by atoms with E-state index in [1.54, 1.807) is 11.8 Å². The SMILES string of the molecule is CC(=O)N1CCN(CC(=O)NC(=O)NCC(C)C)CC1. The van der Waals surface area contributed by atoms with Crippen molar-refractivity contribution in [3.63, 3.8) is 0 Å². The number of hydrogen-bond acceptors (Lipinski definition) is 4. The first kappa shape index (κ1) is 16.4. The molecule has 1 aliphatic heterocycles. The summed E-state index contributed by atoms with van der Waals surface area (Å²) in [5.74, 6) is 0.0835. The molecule has 20 heavy (non-hydrogen) atoms. The molecule has 1 heterocycles. The fourth-order valence-electron chi connectivity index (χ4n) is 1.93. The van der Waals surface area contributed by atoms with Gasteiger partial charge in [-0.15, -0.1) is 0 Å². The zero-order valence-corrected chi connectivity index (χ0v) is 12.4. The van der Waals surface area contributed by atoms with E-state index in [1.165, 1.54) is 0 Å². The van der Waals surface area contributed by atoms with Gasteiger partial charge in [0.2, 0.25) is 11.8 Å². The molecule has 7 nitrogen and oxygen atoms in total. The van der Waals surface area contributed by atoms with E-state index in [4.69, 9.17) is 0 Å². The molecule has 2 N–H and O–H groups in total. The van der Waals surface area contributed by atoms with E-state index >= 15 is 0 Å². The Morgan fingerprint density at radius 3 is 2.20 bits per heavy atom. The summed E-state index contributed by atoms with van der Waals surface area (Å²) in [5.41, 5.74) is 0. The van der Waals surface area contributed by atoms with Crippen LogP contribution in [0.5, 0.6) is 0 Å². The Morgan fingerprint density at radius 1 is 1.10 bits per heavy atom. The molecule has 0 atom stereocenters. The van der Waals surface area contributed by atoms with Gasteiger partial charge in [-0.2, -0.15) is 0 Å². The molecule has 1 aliphatic rings. The minimum atomic E-state index is -0.453. The number of carbonyl (C=O) groups is 3. The molecule has 0 unspecified atom stereocenters. The van der Waals surface area contributed by atoms with Crippen LogP contribution in [0.15, 0.2) is 0 Å². The monoisotopic (exact) mass is 284 g/mol. The lowest BCUT2D eigenvalue weighted by Gasteiger charge is -2.33. The maximum absolute atomic E-state index is 11.7. The van der Waals surface area contributed by atoms with Gasteiger partial charge in [0.25, 0.3) is 0 Å². The van der Waals surface area contributed by atoms with Crippen LogP contribution < -0.4 is 10.6 Å². The number of urea groups is 1. The first-order valence-corrected chi connectivity index (χ1v) is 6.94. The molecule has 0 aromatic heterocycles. The topological polar surface area (TPSA) is 81.8 Å². The molecule has 4 amide bonds. The molecular formula is C13H24N4O3. The first-order valence-electron chi connectivity index (χ1n) is 6.94. The van der Waals surface area contributed by atoms with E-state index in [2.05, 4.69) is 10.6 Å². The summed E-state index contributed by atoms with van der Waals surface area (Å²) in [6.07, 6.45) is 0. The maximum Gasteiger partial charge on any atom is 0.321 e. The van der Waals surface area contributed by atoms with Crippen molar-refractivity contribution in [1.29, 1.82) is 0 Å². The average Bonchev–Trinajstić information content (AvgIpc) is 2.36. The highest BCUT2D eigenvalue weighted by atomic mass is 16.2. The predicted octanol–water partition coefficient (Wildman–Crippen LogP) is -0.368. The predicted molar refractivity (Wildman–Crippen MR) is 75.1 cm³/mol. The van der Waals surface area contributed by atoms with Gasteiger partial charge in [0.15, 0.2) is 0 Å². The van der Waals surface area contributed by atoms with Gasteiger partial charge in [-0.05, 0) is 5.92 Å². The van der Waals surface area contributed by atoms with Crippen LogP contribution in [0.3, 0.4) is 0 Å². The van der Waals surface area contributed by atoms with Crippen molar-refractivity contribution in [3.05, 3.63) is 0 Å². The lowest BCUT2D eigenvalue weighted by atomic mass is 10.2. The molecule has 0 radical (unpaired) electrons. The molecule has 1 fully saturated rings. The summed E-state index contributed by atoms with van der Waals surface area (Å²) >= 11 is 0. The standard InChI is InChI=1S/C13H24N4O3/c1-10(2)8-14-13(20)15-12(19)9-16-4-6-17(7-5-16)11(3)18/h10H,4-9H2,1-3H3,(H2,14,15,19,20). The maximum atomic E-state index is 11.7. The molecular weight excluding hydrogens is 260 g/mol. The second-order valence-electron chi connectivity index (χ2n) is 5.43. The molecule has 0 aliphatic carbocycles. The quantitative estimate of drug-likeness (QED) is 0.738. The third kappa shape index (κ3) is 6.01. The largest absolute Gasteiger partial charge is 0.340 e. The van der Waals surface area contributed by atoms with E-state index < -0.39 is 6.03 Å². The lowest BCUT2D eigenvalue weighted by molar-refractivity contribution is -0.130. The van der Waals surface area contributed by atoms with Gasteiger partial charge in [0, 0.05) is 39.6 Å². The van der Waals surface area contributed by atoms with Crippen molar-refractivity contribution in [3.8, 4) is 0 Å². The number of rotatable bonds is 4. The van der Waals surface area contributed by atoms with Crippen LogP contribution in [0.1, 0.15) is 20.8 Å². The summed E-state index contributed by atoms with van der Waals surface area (Å²) in [4.78, 5) is 38.0. The Kier molecular flexibility index (Phi) is 6.44. The molecule has 0 saturated carbocycles. The van der Waals surface area contributed by atoms with Gasteiger partial charge in [-0.25, -0.2) is 4.79 Å². The summed E-state index contributed by atoms with van der Waals surface area (Å²) < 4.78 is 0. The van der Waals surface area contributed by atoms with Crippen molar-refractivity contribution in [2.75, 3.05) is 39.3 Å². The Bertz CT molecular complexity index is 363. The smallest absolute Gasteiger partial charge is 0.321 e. The van der Waals surface area contributed by atoms with E-state index in [0.717, 1.165) is 0 Å². The lowest BCUT2D eigenvalue weighted by Crippen LogP contribution is -2.52. The van der Waals surface area contributed by atoms with Gasteiger partial charge < -0.3 is 10.2 Å². The normalized spacial score (nSPS) is 16.1. The van der Waals surface area contributed by atoms with Crippen LogP contribution >= 0.6 is 0 Å². The number of nitrogens with one attached hydrogen (secondary N) is 2. The molecule has 1 rings (SSSR count). The number of carbonyl (C=O) groups excluding carboxylic acids is 3. The molecule has 0 spiro atoms. The van der Waals surface area contributed by atoms with Crippen LogP contribution in [0.2, 0.25) is 0 Å². The van der Waals surface area contributed by atoms with E-state index in [9.17, 15) is 14.4 Å². The summed E-state index contributed by atoms with van der Waals surface area (Å²) in [6, 6.07) is -0.453. The average molecular weight is 284 g/mol. The van der Waals surface area contributed by atoms with Crippen LogP contribution in [0.4, 0.5) is 4.79 Å². The number of nitrogens with zero attached hydrogens (tertiary/aromatic N) is 2. The van der Waals surface area contributed by atoms with Gasteiger partial charge in [-0.1, -0.05) is 13.8 Å². The summed E-state index contributed by atoms with van der Waals surface area (Å²) in [5, 5.41) is 4.94. The summed E-state index contributed by atoms with van der Waals surface area (Å²) in [6.45, 7) is 8.79. The van der Waals surface area contributed by atoms with E-state index in [1.807, 2.05) is 18.7 Å². The third-order valence-electron chi connectivity index (χ3n) is 3.11. The Morgan fingerprint density at radius 2 is 1.70 bits per heavy atom. The molecule has 0 bridgehead atoms. The van der Waals surface area contributed by atoms with Crippen LogP contribution in [0.25, 0.3) is 0 Å². The van der Waals surface area contributed by atoms with Crippen molar-refractivity contribution in [2.45, 2.75) is 20.8 Å². The fourth-order valence-corrected chi connectivity index (χ4v) is 1.93. The van der Waals surface area contributed by atoms with Gasteiger partial charge in [-0.3, -0.25) is 19.8 Å². The summed E-state index contributed by atoms with van der Waals surface area (Å²) in [7, 11) is 0. The van der Waals surface area contributed by atoms with Crippen LogP contribution in [0, 0.1) is 5.92 Å².